The molecule has 3 aromatic rings. The molecule has 0 bridgehead atoms. The smallest absolute Gasteiger partial charge is 0.303 e. The Labute approximate surface area is 193 Å². The van der Waals surface area contributed by atoms with Gasteiger partial charge in [0, 0.05) is 47.1 Å². The van der Waals surface area contributed by atoms with Gasteiger partial charge in [0.25, 0.3) is 0 Å². The highest BCUT2D eigenvalue weighted by atomic mass is 35.5. The molecule has 0 amide bonds. The van der Waals surface area contributed by atoms with Crippen molar-refractivity contribution in [3.8, 4) is 0 Å². The number of fused-ring (bicyclic) bond motifs is 1. The van der Waals surface area contributed by atoms with E-state index < -0.39 is 5.97 Å². The first-order valence-corrected chi connectivity index (χ1v) is 11.5. The van der Waals surface area contributed by atoms with Crippen LogP contribution in [0.5, 0.6) is 0 Å². The number of carboxylic acid groups (broad SMARTS) is 1. The lowest BCUT2D eigenvalue weighted by molar-refractivity contribution is -0.137. The lowest BCUT2D eigenvalue weighted by atomic mass is 9.98. The third-order valence-electron chi connectivity index (χ3n) is 5.87. The largest absolute Gasteiger partial charge is 0.481 e. The number of aliphatic carboxylic acids is 1. The zero-order valence-corrected chi connectivity index (χ0v) is 19.1. The van der Waals surface area contributed by atoms with E-state index in [-0.39, 0.29) is 24.4 Å². The van der Waals surface area contributed by atoms with Gasteiger partial charge in [0.2, 0.25) is 0 Å². The van der Waals surface area contributed by atoms with E-state index >= 15 is 0 Å². The summed E-state index contributed by atoms with van der Waals surface area (Å²) in [5, 5.41) is 10.3. The van der Waals surface area contributed by atoms with E-state index in [1.807, 2.05) is 31.3 Å². The van der Waals surface area contributed by atoms with Crippen molar-refractivity contribution in [2.75, 3.05) is 0 Å². The molecule has 0 saturated heterocycles. The molecule has 1 N–H and O–H groups in total. The molecule has 4 nitrogen and oxygen atoms in total. The van der Waals surface area contributed by atoms with Gasteiger partial charge in [0.1, 0.15) is 5.82 Å². The Bertz CT molecular complexity index is 1110. The number of carbonyl (C=O) groups is 2. The Balaban J connectivity index is 1.64. The first-order chi connectivity index (χ1) is 15.4. The minimum absolute atomic E-state index is 0.0160. The minimum atomic E-state index is -0.891. The molecule has 6 heteroatoms. The molecular weight excluding hydrogens is 429 g/mol. The maximum absolute atomic E-state index is 13.3. The van der Waals surface area contributed by atoms with E-state index in [0.717, 1.165) is 60.7 Å². The van der Waals surface area contributed by atoms with Crippen molar-refractivity contribution in [1.29, 1.82) is 0 Å². The molecule has 0 aliphatic heterocycles. The van der Waals surface area contributed by atoms with Crippen LogP contribution in [0.2, 0.25) is 5.02 Å². The highest BCUT2D eigenvalue weighted by Crippen LogP contribution is 2.30. The number of carboxylic acids is 1. The molecule has 170 valence electrons. The van der Waals surface area contributed by atoms with E-state index in [0.29, 0.717) is 17.0 Å². The molecule has 3 rings (SSSR count). The first-order valence-electron chi connectivity index (χ1n) is 11.1. The van der Waals surface area contributed by atoms with Crippen LogP contribution >= 0.6 is 11.6 Å². The number of aryl methyl sites for hydroxylation is 2. The SMILES string of the molecule is Cn1c(CCCCCCc2cccc(F)c2)c(C(=O)CCCC(=O)O)c2cc(Cl)ccc21. The van der Waals surface area contributed by atoms with Gasteiger partial charge in [-0.2, -0.15) is 0 Å². The van der Waals surface area contributed by atoms with Gasteiger partial charge in [-0.3, -0.25) is 9.59 Å². The molecule has 2 aromatic carbocycles. The van der Waals surface area contributed by atoms with Gasteiger partial charge in [-0.1, -0.05) is 36.6 Å². The molecule has 0 radical (unpaired) electrons. The van der Waals surface area contributed by atoms with Crippen molar-refractivity contribution >= 4 is 34.3 Å². The predicted molar refractivity (Wildman–Crippen MR) is 126 cm³/mol. The van der Waals surface area contributed by atoms with Crippen molar-refractivity contribution in [2.24, 2.45) is 7.05 Å². The van der Waals surface area contributed by atoms with Crippen LogP contribution in [-0.2, 0) is 24.7 Å². The van der Waals surface area contributed by atoms with Crippen LogP contribution in [0.3, 0.4) is 0 Å². The summed E-state index contributed by atoms with van der Waals surface area (Å²) in [4.78, 5) is 23.9. The minimum Gasteiger partial charge on any atom is -0.481 e. The normalized spacial score (nSPS) is 11.2. The highest BCUT2D eigenvalue weighted by Gasteiger charge is 2.21. The molecular formula is C26H29ClFNO3. The quantitative estimate of drug-likeness (QED) is 0.241. The third kappa shape index (κ3) is 6.19. The van der Waals surface area contributed by atoms with Crippen molar-refractivity contribution in [1.82, 2.24) is 4.57 Å². The first kappa shape index (κ1) is 24.0. The fraction of sp³-hybridized carbons (Fsp3) is 0.385. The zero-order valence-electron chi connectivity index (χ0n) is 18.4. The summed E-state index contributed by atoms with van der Waals surface area (Å²) in [6, 6.07) is 12.3. The van der Waals surface area contributed by atoms with Crippen molar-refractivity contribution in [3.05, 3.63) is 70.1 Å². The average molecular weight is 458 g/mol. The van der Waals surface area contributed by atoms with Crippen LogP contribution in [0.15, 0.2) is 42.5 Å². The summed E-state index contributed by atoms with van der Waals surface area (Å²) in [5.74, 6) is -1.11. The van der Waals surface area contributed by atoms with Crippen LogP contribution < -0.4 is 0 Å². The molecule has 0 aliphatic carbocycles. The second kappa shape index (κ2) is 11.3. The molecule has 0 spiro atoms. The summed E-state index contributed by atoms with van der Waals surface area (Å²) < 4.78 is 15.3. The Morgan fingerprint density at radius 1 is 0.969 bits per heavy atom. The fourth-order valence-corrected chi connectivity index (χ4v) is 4.44. The lowest BCUT2D eigenvalue weighted by Crippen LogP contribution is -2.07. The molecule has 0 saturated carbocycles. The fourth-order valence-electron chi connectivity index (χ4n) is 4.27. The monoisotopic (exact) mass is 457 g/mol. The van der Waals surface area contributed by atoms with Crippen molar-refractivity contribution in [3.63, 3.8) is 0 Å². The van der Waals surface area contributed by atoms with Crippen molar-refractivity contribution < 1.29 is 19.1 Å². The van der Waals surface area contributed by atoms with Crippen LogP contribution in [0.1, 0.15) is 66.6 Å². The Kier molecular flexibility index (Phi) is 8.46. The summed E-state index contributed by atoms with van der Waals surface area (Å²) in [6.45, 7) is 0. The van der Waals surface area contributed by atoms with Crippen molar-refractivity contribution in [2.45, 2.75) is 57.8 Å². The van der Waals surface area contributed by atoms with E-state index in [2.05, 4.69) is 4.57 Å². The maximum atomic E-state index is 13.3. The van der Waals surface area contributed by atoms with Gasteiger partial charge >= 0.3 is 5.97 Å². The number of Topliss-reactive ketones (excluding diaryl/α,β-unsaturated/α-hetero) is 1. The number of aromatic nitrogens is 1. The molecule has 0 fully saturated rings. The number of hydrogen-bond donors (Lipinski definition) is 1. The number of ketones is 1. The molecule has 0 atom stereocenters. The number of hydrogen-bond acceptors (Lipinski definition) is 2. The summed E-state index contributed by atoms with van der Waals surface area (Å²) >= 11 is 6.20. The van der Waals surface area contributed by atoms with E-state index in [1.54, 1.807) is 12.1 Å². The standard InChI is InChI=1S/C26H29ClFNO3/c1-29-22-15-14-19(27)17-21(22)26(24(30)12-7-13-25(31)32)23(29)11-5-3-2-4-8-18-9-6-10-20(28)16-18/h6,9-10,14-17H,2-5,7-8,11-13H2,1H3,(H,31,32). The van der Waals surface area contributed by atoms with Gasteiger partial charge < -0.3 is 9.67 Å². The van der Waals surface area contributed by atoms with Crippen LogP contribution in [-0.4, -0.2) is 21.4 Å². The van der Waals surface area contributed by atoms with Crippen LogP contribution in [0.25, 0.3) is 10.9 Å². The molecule has 32 heavy (non-hydrogen) atoms. The Morgan fingerprint density at radius 2 is 1.72 bits per heavy atom. The number of nitrogens with zero attached hydrogens (tertiary/aromatic N) is 1. The summed E-state index contributed by atoms with van der Waals surface area (Å²) in [6.07, 6.45) is 6.13. The highest BCUT2D eigenvalue weighted by molar-refractivity contribution is 6.31. The van der Waals surface area contributed by atoms with E-state index in [9.17, 15) is 14.0 Å². The van der Waals surface area contributed by atoms with Crippen LogP contribution in [0, 0.1) is 5.82 Å². The summed E-state index contributed by atoms with van der Waals surface area (Å²) in [7, 11) is 1.96. The Hall–Kier alpha value is -2.66. The van der Waals surface area contributed by atoms with E-state index in [4.69, 9.17) is 16.7 Å². The molecule has 1 heterocycles. The summed E-state index contributed by atoms with van der Waals surface area (Å²) in [5.41, 5.74) is 3.63. The number of rotatable bonds is 12. The zero-order chi connectivity index (χ0) is 23.1. The number of halogens is 2. The van der Waals surface area contributed by atoms with Gasteiger partial charge in [0.05, 0.1) is 0 Å². The third-order valence-corrected chi connectivity index (χ3v) is 6.11. The van der Waals surface area contributed by atoms with E-state index in [1.165, 1.54) is 6.07 Å². The maximum Gasteiger partial charge on any atom is 0.303 e. The lowest BCUT2D eigenvalue weighted by Gasteiger charge is -2.08. The average Bonchev–Trinajstić information content (AvgIpc) is 3.01. The van der Waals surface area contributed by atoms with Gasteiger partial charge in [-0.15, -0.1) is 0 Å². The molecule has 0 aliphatic rings. The second-order valence-corrected chi connectivity index (χ2v) is 8.69. The number of benzene rings is 2. The predicted octanol–water partition coefficient (Wildman–Crippen LogP) is 6.75. The second-order valence-electron chi connectivity index (χ2n) is 8.26. The number of unbranched alkanes of at least 4 members (excludes halogenated alkanes) is 3. The topological polar surface area (TPSA) is 59.3 Å². The molecule has 0 unspecified atom stereocenters. The van der Waals surface area contributed by atoms with Gasteiger partial charge in [-0.25, -0.2) is 4.39 Å². The Morgan fingerprint density at radius 3 is 2.44 bits per heavy atom. The van der Waals surface area contributed by atoms with Gasteiger partial charge in [0.15, 0.2) is 5.78 Å². The number of carbonyl (C=O) groups excluding carboxylic acids is 1. The van der Waals surface area contributed by atoms with Crippen LogP contribution in [0.4, 0.5) is 4.39 Å². The molecule has 1 aromatic heterocycles. The van der Waals surface area contributed by atoms with Gasteiger partial charge in [-0.05, 0) is 68.0 Å².